The fourth-order valence-corrected chi connectivity index (χ4v) is 3.22. The standard InChI is InChI=1S/C15H20BFN3O6S/c1-9(15(22)20-6-2-3-13(20)16-23)19-14(21)11-5-4-10(8-18)7-12(11)26-27(17,24)25/h4-5,7,9,13,23H,2-3,6,8,18H2,1H3,(H,19,21). The molecule has 1 aromatic carbocycles. The first-order chi connectivity index (χ1) is 12.7. The van der Waals surface area contributed by atoms with E-state index < -0.39 is 40.1 Å². The highest BCUT2D eigenvalue weighted by Crippen LogP contribution is 2.23. The van der Waals surface area contributed by atoms with Crippen molar-refractivity contribution in [2.24, 2.45) is 5.73 Å². The van der Waals surface area contributed by atoms with Gasteiger partial charge in [-0.05, 0) is 37.5 Å². The van der Waals surface area contributed by atoms with E-state index in [4.69, 9.17) is 5.73 Å². The monoisotopic (exact) mass is 400 g/mol. The van der Waals surface area contributed by atoms with Crippen LogP contribution in [0.15, 0.2) is 18.2 Å². The van der Waals surface area contributed by atoms with E-state index in [0.717, 1.165) is 20.0 Å². The first-order valence-corrected chi connectivity index (χ1v) is 9.53. The van der Waals surface area contributed by atoms with Crippen molar-refractivity contribution in [3.63, 3.8) is 0 Å². The normalized spacial score (nSPS) is 18.1. The molecule has 2 rings (SSSR count). The van der Waals surface area contributed by atoms with Crippen molar-refractivity contribution in [3.8, 4) is 5.75 Å². The average molecular weight is 400 g/mol. The third kappa shape index (κ3) is 5.40. The minimum atomic E-state index is -5.35. The topological polar surface area (TPSA) is 139 Å². The highest BCUT2D eigenvalue weighted by atomic mass is 32.3. The number of nitrogens with one attached hydrogen (secondary N) is 1. The summed E-state index contributed by atoms with van der Waals surface area (Å²) in [5.41, 5.74) is 5.61. The molecule has 0 saturated carbocycles. The molecule has 27 heavy (non-hydrogen) atoms. The lowest BCUT2D eigenvalue weighted by Crippen LogP contribution is -2.50. The molecule has 1 aliphatic heterocycles. The number of hydrogen-bond donors (Lipinski definition) is 3. The molecule has 147 valence electrons. The molecule has 1 heterocycles. The maximum atomic E-state index is 12.9. The Balaban J connectivity index is 2.18. The van der Waals surface area contributed by atoms with Gasteiger partial charge in [-0.2, -0.15) is 8.42 Å². The summed E-state index contributed by atoms with van der Waals surface area (Å²) in [4.78, 5) is 26.4. The van der Waals surface area contributed by atoms with E-state index in [9.17, 15) is 26.9 Å². The number of rotatable bonds is 7. The summed E-state index contributed by atoms with van der Waals surface area (Å²) in [6.07, 6.45) is 1.34. The van der Waals surface area contributed by atoms with Gasteiger partial charge >= 0.3 is 18.0 Å². The maximum Gasteiger partial charge on any atom is 0.488 e. The molecule has 0 aromatic heterocycles. The highest BCUT2D eigenvalue weighted by molar-refractivity contribution is 7.81. The number of nitrogens with two attached hydrogens (primary N) is 1. The number of halogens is 1. The van der Waals surface area contributed by atoms with Crippen molar-refractivity contribution in [2.45, 2.75) is 38.3 Å². The van der Waals surface area contributed by atoms with E-state index in [-0.39, 0.29) is 12.1 Å². The molecule has 2 unspecified atom stereocenters. The van der Waals surface area contributed by atoms with Gasteiger partial charge in [0.05, 0.1) is 5.56 Å². The zero-order valence-corrected chi connectivity index (χ0v) is 15.4. The number of benzene rings is 1. The van der Waals surface area contributed by atoms with Gasteiger partial charge in [-0.3, -0.25) is 9.59 Å². The van der Waals surface area contributed by atoms with Crippen LogP contribution in [0.5, 0.6) is 5.75 Å². The fourth-order valence-electron chi connectivity index (χ4n) is 2.86. The average Bonchev–Trinajstić information content (AvgIpc) is 3.07. The first kappa shape index (κ1) is 21.1. The van der Waals surface area contributed by atoms with Gasteiger partial charge in [0, 0.05) is 19.0 Å². The summed E-state index contributed by atoms with van der Waals surface area (Å²) in [5.74, 6) is -2.17. The second-order valence-electron chi connectivity index (χ2n) is 6.10. The molecule has 0 aliphatic carbocycles. The maximum absolute atomic E-state index is 12.9. The lowest BCUT2D eigenvalue weighted by molar-refractivity contribution is -0.132. The predicted octanol–water partition coefficient (Wildman–Crippen LogP) is -0.583. The van der Waals surface area contributed by atoms with Crippen molar-refractivity contribution in [1.82, 2.24) is 10.2 Å². The molecule has 2 atom stereocenters. The van der Waals surface area contributed by atoms with Crippen molar-refractivity contribution < 1.29 is 31.1 Å². The number of likely N-dealkylation sites (tertiary alicyclic amines) is 1. The van der Waals surface area contributed by atoms with Gasteiger partial charge in [0.15, 0.2) is 5.75 Å². The molecule has 12 heteroatoms. The van der Waals surface area contributed by atoms with Crippen LogP contribution in [-0.2, 0) is 21.8 Å². The zero-order chi connectivity index (χ0) is 20.2. The summed E-state index contributed by atoms with van der Waals surface area (Å²) in [6.45, 7) is 1.92. The van der Waals surface area contributed by atoms with Gasteiger partial charge in [0.2, 0.25) is 5.91 Å². The SMILES string of the molecule is CC(NC(=O)c1ccc(CN)cc1OS(=O)(=O)F)C(=O)N1CCCC1[B]O. The minimum absolute atomic E-state index is 0.0213. The summed E-state index contributed by atoms with van der Waals surface area (Å²) in [5, 5.41) is 11.6. The van der Waals surface area contributed by atoms with Crippen LogP contribution in [0.2, 0.25) is 0 Å². The lowest BCUT2D eigenvalue weighted by atomic mass is 9.86. The van der Waals surface area contributed by atoms with Crippen LogP contribution < -0.4 is 15.2 Å². The smallest absolute Gasteiger partial charge is 0.452 e. The quantitative estimate of drug-likeness (QED) is 0.411. The van der Waals surface area contributed by atoms with E-state index in [0.29, 0.717) is 18.5 Å². The van der Waals surface area contributed by atoms with Gasteiger partial charge in [0.1, 0.15) is 6.04 Å². The van der Waals surface area contributed by atoms with Gasteiger partial charge in [-0.1, -0.05) is 9.95 Å². The van der Waals surface area contributed by atoms with Crippen molar-refractivity contribution in [1.29, 1.82) is 0 Å². The van der Waals surface area contributed by atoms with Crippen LogP contribution in [0, 0.1) is 0 Å². The van der Waals surface area contributed by atoms with Crippen molar-refractivity contribution >= 4 is 29.8 Å². The van der Waals surface area contributed by atoms with Crippen LogP contribution in [0.1, 0.15) is 35.7 Å². The molecule has 9 nitrogen and oxygen atoms in total. The number of carbonyl (C=O) groups is 2. The molecule has 1 saturated heterocycles. The molecule has 4 N–H and O–H groups in total. The second kappa shape index (κ2) is 8.68. The van der Waals surface area contributed by atoms with Crippen LogP contribution in [0.3, 0.4) is 0 Å². The molecule has 2 amide bonds. The van der Waals surface area contributed by atoms with Crippen LogP contribution >= 0.6 is 0 Å². The predicted molar refractivity (Wildman–Crippen MR) is 94.6 cm³/mol. The highest BCUT2D eigenvalue weighted by Gasteiger charge is 2.32. The summed E-state index contributed by atoms with van der Waals surface area (Å²) < 4.78 is 38.8. The third-order valence-electron chi connectivity index (χ3n) is 4.19. The van der Waals surface area contributed by atoms with E-state index >= 15 is 0 Å². The Hall–Kier alpha value is -2.18. The van der Waals surface area contributed by atoms with Crippen LogP contribution in [-0.4, -0.2) is 56.2 Å². The molecule has 1 aromatic rings. The van der Waals surface area contributed by atoms with Gasteiger partial charge in [-0.15, -0.1) is 0 Å². The molecular formula is C15H20BFN3O6S. The van der Waals surface area contributed by atoms with Gasteiger partial charge < -0.3 is 25.2 Å². The van der Waals surface area contributed by atoms with Crippen LogP contribution in [0.4, 0.5) is 3.89 Å². The zero-order valence-electron chi connectivity index (χ0n) is 14.6. The molecular weight excluding hydrogens is 380 g/mol. The summed E-state index contributed by atoms with van der Waals surface area (Å²) in [7, 11) is -4.42. The Labute approximate surface area is 157 Å². The minimum Gasteiger partial charge on any atom is -0.452 e. The molecule has 1 fully saturated rings. The third-order valence-corrected chi connectivity index (χ3v) is 4.57. The summed E-state index contributed by atoms with van der Waals surface area (Å²) >= 11 is 0. The van der Waals surface area contributed by atoms with E-state index in [2.05, 4.69) is 9.50 Å². The molecule has 1 radical (unpaired) electrons. The molecule has 1 aliphatic rings. The Morgan fingerprint density at radius 1 is 1.52 bits per heavy atom. The van der Waals surface area contributed by atoms with E-state index in [1.807, 2.05) is 0 Å². The van der Waals surface area contributed by atoms with Crippen molar-refractivity contribution in [2.75, 3.05) is 6.54 Å². The Morgan fingerprint density at radius 2 is 2.22 bits per heavy atom. The Kier molecular flexibility index (Phi) is 6.79. The van der Waals surface area contributed by atoms with Gasteiger partial charge in [-0.25, -0.2) is 0 Å². The number of amides is 2. The number of nitrogens with zero attached hydrogens (tertiary/aromatic N) is 1. The Bertz CT molecular complexity index is 822. The number of carbonyl (C=O) groups excluding carboxylic acids is 2. The molecule has 0 bridgehead atoms. The first-order valence-electron chi connectivity index (χ1n) is 8.22. The largest absolute Gasteiger partial charge is 0.488 e. The van der Waals surface area contributed by atoms with Crippen LogP contribution in [0.25, 0.3) is 0 Å². The van der Waals surface area contributed by atoms with Gasteiger partial charge in [0.25, 0.3) is 5.91 Å². The number of hydrogen-bond acceptors (Lipinski definition) is 7. The van der Waals surface area contributed by atoms with Crippen molar-refractivity contribution in [3.05, 3.63) is 29.3 Å². The Morgan fingerprint density at radius 3 is 2.81 bits per heavy atom. The fraction of sp³-hybridized carbons (Fsp3) is 0.467. The second-order valence-corrected chi connectivity index (χ2v) is 7.05. The summed E-state index contributed by atoms with van der Waals surface area (Å²) in [6, 6.07) is 2.86. The van der Waals surface area contributed by atoms with E-state index in [1.54, 1.807) is 0 Å². The molecule has 0 spiro atoms. The van der Waals surface area contributed by atoms with E-state index in [1.165, 1.54) is 24.0 Å². The lowest BCUT2D eigenvalue weighted by Gasteiger charge is -2.26.